The van der Waals surface area contributed by atoms with Gasteiger partial charge in [0.1, 0.15) is 0 Å². The third-order valence-electron chi connectivity index (χ3n) is 5.75. The van der Waals surface area contributed by atoms with Crippen LogP contribution in [0.5, 0.6) is 0 Å². The van der Waals surface area contributed by atoms with Crippen molar-refractivity contribution in [2.75, 3.05) is 49.1 Å². The van der Waals surface area contributed by atoms with Gasteiger partial charge in [-0.2, -0.15) is 0 Å². The summed E-state index contributed by atoms with van der Waals surface area (Å²) in [5, 5.41) is 0. The van der Waals surface area contributed by atoms with Crippen LogP contribution < -0.4 is 9.80 Å². The van der Waals surface area contributed by atoms with Gasteiger partial charge in [-0.15, -0.1) is 0 Å². The molecule has 0 atom stereocenters. The lowest BCUT2D eigenvalue weighted by atomic mass is 10.1. The number of benzene rings is 1. The average molecular weight is 377 g/mol. The van der Waals surface area contributed by atoms with Gasteiger partial charge in [-0.3, -0.25) is 9.69 Å². The summed E-state index contributed by atoms with van der Waals surface area (Å²) in [6.07, 6.45) is 8.71. The molecule has 1 N–H and O–H groups in total. The van der Waals surface area contributed by atoms with Crippen LogP contribution in [0.15, 0.2) is 43.1 Å². The molecule has 3 heterocycles. The summed E-state index contributed by atoms with van der Waals surface area (Å²) in [7, 11) is 0. The predicted molar refractivity (Wildman–Crippen MR) is 117 cm³/mol. The van der Waals surface area contributed by atoms with Crippen molar-refractivity contribution in [2.24, 2.45) is 0 Å². The number of fused-ring (bicyclic) bond motifs is 1. The van der Waals surface area contributed by atoms with Gasteiger partial charge in [0.15, 0.2) is 0 Å². The number of H-pyrrole nitrogens is 1. The number of anilines is 2. The number of allylic oxidation sites excluding steroid dienone is 1. The molecule has 0 spiro atoms. The molecular weight excluding hydrogens is 348 g/mol. The Bertz CT molecular complexity index is 890. The van der Waals surface area contributed by atoms with Crippen molar-refractivity contribution in [1.29, 1.82) is 0 Å². The summed E-state index contributed by atoms with van der Waals surface area (Å²) >= 11 is 0. The SMILES string of the molecule is C=Cc1[nH]cc(N2CCN(CCN3C(=O)Cc4ccccc43)CC2)c1C=CC. The molecule has 2 aromatic rings. The van der Waals surface area contributed by atoms with Crippen LogP contribution in [-0.4, -0.2) is 55.1 Å². The van der Waals surface area contributed by atoms with E-state index in [0.717, 1.165) is 56.2 Å². The highest BCUT2D eigenvalue weighted by Gasteiger charge is 2.27. The van der Waals surface area contributed by atoms with E-state index in [1.807, 2.05) is 30.0 Å². The normalized spacial score (nSPS) is 17.5. The van der Waals surface area contributed by atoms with E-state index in [0.29, 0.717) is 6.42 Å². The number of hydrogen-bond donors (Lipinski definition) is 1. The molecule has 0 unspecified atom stereocenters. The van der Waals surface area contributed by atoms with Crippen molar-refractivity contribution < 1.29 is 4.79 Å². The minimum atomic E-state index is 0.222. The Morgan fingerprint density at radius 2 is 1.89 bits per heavy atom. The van der Waals surface area contributed by atoms with Crippen molar-refractivity contribution in [1.82, 2.24) is 9.88 Å². The zero-order chi connectivity index (χ0) is 19.5. The number of aromatic nitrogens is 1. The van der Waals surface area contributed by atoms with Crippen LogP contribution in [-0.2, 0) is 11.2 Å². The molecule has 2 aliphatic heterocycles. The average Bonchev–Trinajstić information content (AvgIpc) is 3.27. The van der Waals surface area contributed by atoms with Crippen LogP contribution in [0.2, 0.25) is 0 Å². The Morgan fingerprint density at radius 1 is 1.11 bits per heavy atom. The summed E-state index contributed by atoms with van der Waals surface area (Å²) in [6.45, 7) is 11.6. The highest BCUT2D eigenvalue weighted by Crippen LogP contribution is 2.29. The van der Waals surface area contributed by atoms with Crippen LogP contribution in [0.1, 0.15) is 23.7 Å². The molecule has 5 heteroatoms. The Morgan fingerprint density at radius 3 is 2.64 bits per heavy atom. The third-order valence-corrected chi connectivity index (χ3v) is 5.75. The van der Waals surface area contributed by atoms with E-state index < -0.39 is 0 Å². The summed E-state index contributed by atoms with van der Waals surface area (Å²) in [5.74, 6) is 0.222. The molecule has 0 saturated carbocycles. The largest absolute Gasteiger partial charge is 0.367 e. The number of carbonyl (C=O) groups is 1. The molecule has 146 valence electrons. The molecule has 4 rings (SSSR count). The first kappa shape index (κ1) is 18.6. The Kier molecular flexibility index (Phi) is 5.35. The minimum Gasteiger partial charge on any atom is -0.367 e. The first-order chi connectivity index (χ1) is 13.7. The molecule has 1 fully saturated rings. The number of nitrogens with zero attached hydrogens (tertiary/aromatic N) is 3. The number of rotatable bonds is 6. The zero-order valence-corrected chi connectivity index (χ0v) is 16.5. The second kappa shape index (κ2) is 8.07. The smallest absolute Gasteiger partial charge is 0.231 e. The molecule has 1 aromatic heterocycles. The molecule has 1 amide bonds. The maximum atomic E-state index is 12.4. The lowest BCUT2D eigenvalue weighted by Crippen LogP contribution is -2.49. The minimum absolute atomic E-state index is 0.222. The maximum absolute atomic E-state index is 12.4. The zero-order valence-electron chi connectivity index (χ0n) is 16.5. The second-order valence-electron chi connectivity index (χ2n) is 7.38. The van der Waals surface area contributed by atoms with Crippen LogP contribution in [0.4, 0.5) is 11.4 Å². The fourth-order valence-corrected chi connectivity index (χ4v) is 4.23. The molecule has 1 aromatic carbocycles. The van der Waals surface area contributed by atoms with Gasteiger partial charge in [-0.05, 0) is 24.6 Å². The van der Waals surface area contributed by atoms with Crippen molar-refractivity contribution >= 4 is 29.4 Å². The number of nitrogens with one attached hydrogen (secondary N) is 1. The predicted octanol–water partition coefficient (Wildman–Crippen LogP) is 3.40. The topological polar surface area (TPSA) is 42.6 Å². The Balaban J connectivity index is 1.35. The standard InChI is InChI=1S/C23H28N4O/c1-3-7-19-20(4-2)24-17-22(19)26-13-10-25(11-14-26)12-15-27-21-9-6-5-8-18(21)16-23(27)28/h3-9,17,24H,2,10-16H2,1H3. The maximum Gasteiger partial charge on any atom is 0.231 e. The monoisotopic (exact) mass is 376 g/mol. The third kappa shape index (κ3) is 3.50. The van der Waals surface area contributed by atoms with Gasteiger partial charge >= 0.3 is 0 Å². The molecule has 28 heavy (non-hydrogen) atoms. The van der Waals surface area contributed by atoms with Gasteiger partial charge < -0.3 is 14.8 Å². The summed E-state index contributed by atoms with van der Waals surface area (Å²) < 4.78 is 0. The van der Waals surface area contributed by atoms with Crippen molar-refractivity contribution in [2.45, 2.75) is 13.3 Å². The fourth-order valence-electron chi connectivity index (χ4n) is 4.23. The van der Waals surface area contributed by atoms with Crippen molar-refractivity contribution in [3.05, 3.63) is 59.9 Å². The molecule has 0 bridgehead atoms. The van der Waals surface area contributed by atoms with E-state index >= 15 is 0 Å². The number of para-hydroxylation sites is 1. The Labute approximate surface area is 166 Å². The lowest BCUT2D eigenvalue weighted by Gasteiger charge is -2.36. The van der Waals surface area contributed by atoms with Crippen LogP contribution in [0.3, 0.4) is 0 Å². The van der Waals surface area contributed by atoms with Crippen LogP contribution >= 0.6 is 0 Å². The number of amides is 1. The second-order valence-corrected chi connectivity index (χ2v) is 7.38. The van der Waals surface area contributed by atoms with Crippen LogP contribution in [0.25, 0.3) is 12.2 Å². The highest BCUT2D eigenvalue weighted by molar-refractivity contribution is 6.01. The molecule has 0 aliphatic carbocycles. The first-order valence-corrected chi connectivity index (χ1v) is 10.0. The van der Waals surface area contributed by atoms with Gasteiger partial charge in [0, 0.05) is 62.4 Å². The molecule has 2 aliphatic rings. The van der Waals surface area contributed by atoms with Gasteiger partial charge in [0.2, 0.25) is 5.91 Å². The van der Waals surface area contributed by atoms with E-state index in [4.69, 9.17) is 0 Å². The molecular formula is C23H28N4O. The Hall–Kier alpha value is -2.79. The van der Waals surface area contributed by atoms with E-state index in [2.05, 4.69) is 51.8 Å². The highest BCUT2D eigenvalue weighted by atomic mass is 16.2. The van der Waals surface area contributed by atoms with E-state index in [1.165, 1.54) is 11.3 Å². The van der Waals surface area contributed by atoms with Gasteiger partial charge in [-0.25, -0.2) is 0 Å². The van der Waals surface area contributed by atoms with Crippen LogP contribution in [0, 0.1) is 0 Å². The van der Waals surface area contributed by atoms with E-state index in [1.54, 1.807) is 0 Å². The molecule has 1 saturated heterocycles. The van der Waals surface area contributed by atoms with Gasteiger partial charge in [0.25, 0.3) is 0 Å². The number of aromatic amines is 1. The summed E-state index contributed by atoms with van der Waals surface area (Å²) in [6, 6.07) is 8.14. The lowest BCUT2D eigenvalue weighted by molar-refractivity contribution is -0.117. The van der Waals surface area contributed by atoms with Crippen molar-refractivity contribution in [3.8, 4) is 0 Å². The number of carbonyl (C=O) groups excluding carboxylic acids is 1. The van der Waals surface area contributed by atoms with E-state index in [9.17, 15) is 4.79 Å². The van der Waals surface area contributed by atoms with Gasteiger partial charge in [0.05, 0.1) is 12.1 Å². The number of piperazine rings is 1. The van der Waals surface area contributed by atoms with E-state index in [-0.39, 0.29) is 5.91 Å². The molecule has 5 nitrogen and oxygen atoms in total. The molecule has 0 radical (unpaired) electrons. The summed E-state index contributed by atoms with van der Waals surface area (Å²) in [5.41, 5.74) is 5.77. The van der Waals surface area contributed by atoms with Crippen molar-refractivity contribution in [3.63, 3.8) is 0 Å². The quantitative estimate of drug-likeness (QED) is 0.840. The summed E-state index contributed by atoms with van der Waals surface area (Å²) in [4.78, 5) is 22.5. The first-order valence-electron chi connectivity index (χ1n) is 10.0. The van der Waals surface area contributed by atoms with Gasteiger partial charge in [-0.1, -0.05) is 36.9 Å². The fraction of sp³-hybridized carbons (Fsp3) is 0.348. The number of hydrogen-bond acceptors (Lipinski definition) is 3.